The Kier molecular flexibility index (Phi) is 6.26. The van der Waals surface area contributed by atoms with Crippen LogP contribution in [0.15, 0.2) is 34.2 Å². The van der Waals surface area contributed by atoms with Gasteiger partial charge in [0.1, 0.15) is 5.84 Å². The Morgan fingerprint density at radius 3 is 2.41 bits per heavy atom. The van der Waals surface area contributed by atoms with Crippen molar-refractivity contribution in [2.75, 3.05) is 13.1 Å². The van der Waals surface area contributed by atoms with E-state index < -0.39 is 28.1 Å². The first-order valence-corrected chi connectivity index (χ1v) is 11.4. The van der Waals surface area contributed by atoms with Gasteiger partial charge in [0, 0.05) is 18.7 Å². The maximum Gasteiger partial charge on any atom is 0.331 e. The summed E-state index contributed by atoms with van der Waals surface area (Å²) in [7, 11) is -3.70. The second-order valence-electron chi connectivity index (χ2n) is 7.73. The third-order valence-electron chi connectivity index (χ3n) is 5.11. The van der Waals surface area contributed by atoms with Gasteiger partial charge in [-0.15, -0.1) is 0 Å². The molecule has 0 aromatic heterocycles. The molecule has 2 aliphatic rings. The molecule has 0 aliphatic carbocycles. The number of amides is 1. The fourth-order valence-electron chi connectivity index (χ4n) is 3.51. The quantitative estimate of drug-likeness (QED) is 0.729. The molecular weight excluding hydrogens is 394 g/mol. The van der Waals surface area contributed by atoms with Crippen LogP contribution >= 0.6 is 0 Å². The Balaban J connectivity index is 1.77. The summed E-state index contributed by atoms with van der Waals surface area (Å²) in [6.07, 6.45) is 2.10. The first kappa shape index (κ1) is 21.3. The molecule has 9 heteroatoms. The average molecular weight is 422 g/mol. The monoisotopic (exact) mass is 421 g/mol. The SMILES string of the molecule is CC(C)[C@H](N=C1NS(=O)(=O)c2ccccc21)C(=O)O[C@H](C)C(=O)N1CCCCC1. The summed E-state index contributed by atoms with van der Waals surface area (Å²) in [5.74, 6) is -0.982. The lowest BCUT2D eigenvalue weighted by atomic mass is 10.0. The fraction of sp³-hybridized carbons (Fsp3) is 0.550. The number of carbonyl (C=O) groups excluding carboxylic acids is 2. The zero-order valence-electron chi connectivity index (χ0n) is 16.9. The third-order valence-corrected chi connectivity index (χ3v) is 6.51. The largest absolute Gasteiger partial charge is 0.451 e. The topological polar surface area (TPSA) is 105 Å². The second-order valence-corrected chi connectivity index (χ2v) is 9.38. The Bertz CT molecular complexity index is 920. The molecule has 1 N–H and O–H groups in total. The van der Waals surface area contributed by atoms with Gasteiger partial charge in [-0.05, 0) is 44.2 Å². The normalized spacial score (nSPS) is 21.4. The van der Waals surface area contributed by atoms with Gasteiger partial charge in [0.05, 0.1) is 4.90 Å². The van der Waals surface area contributed by atoms with E-state index in [9.17, 15) is 18.0 Å². The van der Waals surface area contributed by atoms with Crippen LogP contribution in [0.2, 0.25) is 0 Å². The van der Waals surface area contributed by atoms with Crippen LogP contribution in [0, 0.1) is 5.92 Å². The molecule has 2 heterocycles. The van der Waals surface area contributed by atoms with E-state index in [1.807, 2.05) is 0 Å². The highest BCUT2D eigenvalue weighted by molar-refractivity contribution is 7.90. The highest BCUT2D eigenvalue weighted by atomic mass is 32.2. The lowest BCUT2D eigenvalue weighted by molar-refractivity contribution is -0.161. The van der Waals surface area contributed by atoms with Crippen molar-refractivity contribution >= 4 is 27.7 Å². The number of esters is 1. The van der Waals surface area contributed by atoms with Gasteiger partial charge in [-0.2, -0.15) is 0 Å². The molecule has 29 heavy (non-hydrogen) atoms. The molecule has 0 unspecified atom stereocenters. The number of rotatable bonds is 5. The predicted molar refractivity (Wildman–Crippen MR) is 108 cm³/mol. The van der Waals surface area contributed by atoms with Crippen molar-refractivity contribution in [2.45, 2.75) is 57.1 Å². The molecule has 158 valence electrons. The van der Waals surface area contributed by atoms with Crippen LogP contribution < -0.4 is 4.72 Å². The van der Waals surface area contributed by atoms with E-state index in [0.29, 0.717) is 18.7 Å². The van der Waals surface area contributed by atoms with Crippen molar-refractivity contribution in [1.29, 1.82) is 0 Å². The molecule has 0 radical (unpaired) electrons. The second kappa shape index (κ2) is 8.52. The molecule has 1 saturated heterocycles. The van der Waals surface area contributed by atoms with Crippen LogP contribution in [-0.4, -0.2) is 56.3 Å². The molecule has 0 bridgehead atoms. The van der Waals surface area contributed by atoms with Crippen molar-refractivity contribution < 1.29 is 22.7 Å². The van der Waals surface area contributed by atoms with Gasteiger partial charge < -0.3 is 9.64 Å². The van der Waals surface area contributed by atoms with Crippen molar-refractivity contribution in [2.24, 2.45) is 10.9 Å². The van der Waals surface area contributed by atoms with E-state index in [1.165, 1.54) is 6.07 Å². The molecule has 2 aliphatic heterocycles. The predicted octanol–water partition coefficient (Wildman–Crippen LogP) is 1.69. The van der Waals surface area contributed by atoms with E-state index in [-0.39, 0.29) is 22.6 Å². The van der Waals surface area contributed by atoms with Crippen molar-refractivity contribution in [3.63, 3.8) is 0 Å². The van der Waals surface area contributed by atoms with Crippen molar-refractivity contribution in [3.8, 4) is 0 Å². The first-order chi connectivity index (χ1) is 13.7. The van der Waals surface area contributed by atoms with Gasteiger partial charge in [0.2, 0.25) is 0 Å². The number of benzene rings is 1. The number of hydrogen-bond acceptors (Lipinski definition) is 6. The summed E-state index contributed by atoms with van der Waals surface area (Å²) in [5.41, 5.74) is 0.420. The van der Waals surface area contributed by atoms with E-state index in [1.54, 1.807) is 43.9 Å². The van der Waals surface area contributed by atoms with Crippen LogP contribution in [0.25, 0.3) is 0 Å². The van der Waals surface area contributed by atoms with Gasteiger partial charge in [-0.1, -0.05) is 26.0 Å². The molecule has 8 nitrogen and oxygen atoms in total. The Morgan fingerprint density at radius 2 is 1.76 bits per heavy atom. The number of aliphatic imine (C=N–C) groups is 1. The summed E-state index contributed by atoms with van der Waals surface area (Å²) >= 11 is 0. The third kappa shape index (κ3) is 4.60. The van der Waals surface area contributed by atoms with E-state index in [0.717, 1.165) is 19.3 Å². The lowest BCUT2D eigenvalue weighted by Gasteiger charge is -2.29. The van der Waals surface area contributed by atoms with Crippen LogP contribution in [-0.2, 0) is 24.3 Å². The molecule has 0 spiro atoms. The molecule has 3 rings (SSSR count). The van der Waals surface area contributed by atoms with E-state index in [4.69, 9.17) is 4.74 Å². The standard InChI is InChI=1S/C20H27N3O5S/c1-13(2)17(20(25)28-14(3)19(24)23-11-7-4-8-12-23)21-18-15-9-5-6-10-16(15)29(26,27)22-18/h5-6,9-10,13-14,17H,4,7-8,11-12H2,1-3H3,(H,21,22)/t14-,17+/m1/s1. The summed E-state index contributed by atoms with van der Waals surface area (Å²) in [6, 6.07) is 5.52. The highest BCUT2D eigenvalue weighted by Gasteiger charge is 2.34. The van der Waals surface area contributed by atoms with Gasteiger partial charge in [0.15, 0.2) is 12.1 Å². The lowest BCUT2D eigenvalue weighted by Crippen LogP contribution is -2.44. The average Bonchev–Trinajstić information content (AvgIpc) is 2.96. The number of nitrogens with zero attached hydrogens (tertiary/aromatic N) is 2. The highest BCUT2D eigenvalue weighted by Crippen LogP contribution is 2.24. The van der Waals surface area contributed by atoms with Gasteiger partial charge >= 0.3 is 5.97 Å². The van der Waals surface area contributed by atoms with Crippen LogP contribution in [0.3, 0.4) is 0 Å². The summed E-state index contributed by atoms with van der Waals surface area (Å²) < 4.78 is 32.4. The Morgan fingerprint density at radius 1 is 1.10 bits per heavy atom. The Labute approximate surface area is 171 Å². The van der Waals surface area contributed by atoms with Crippen molar-refractivity contribution in [3.05, 3.63) is 29.8 Å². The van der Waals surface area contributed by atoms with E-state index in [2.05, 4.69) is 9.71 Å². The molecule has 1 aromatic carbocycles. The molecule has 2 atom stereocenters. The first-order valence-electron chi connectivity index (χ1n) is 9.90. The summed E-state index contributed by atoms with van der Waals surface area (Å²) in [4.78, 5) is 31.5. The number of amidine groups is 1. The number of sulfonamides is 1. The fourth-order valence-corrected chi connectivity index (χ4v) is 4.75. The molecule has 0 saturated carbocycles. The van der Waals surface area contributed by atoms with Gasteiger partial charge in [-0.3, -0.25) is 14.5 Å². The Hall–Kier alpha value is -2.42. The minimum Gasteiger partial charge on any atom is -0.451 e. The smallest absolute Gasteiger partial charge is 0.331 e. The number of carbonyl (C=O) groups is 2. The molecular formula is C20H27N3O5S. The van der Waals surface area contributed by atoms with Crippen LogP contribution in [0.5, 0.6) is 0 Å². The minimum atomic E-state index is -3.70. The molecule has 1 aromatic rings. The van der Waals surface area contributed by atoms with Gasteiger partial charge in [0.25, 0.3) is 15.9 Å². The van der Waals surface area contributed by atoms with Crippen LogP contribution in [0.1, 0.15) is 45.6 Å². The number of hydrogen-bond donors (Lipinski definition) is 1. The van der Waals surface area contributed by atoms with E-state index >= 15 is 0 Å². The molecule has 1 fully saturated rings. The maximum atomic E-state index is 12.8. The number of fused-ring (bicyclic) bond motifs is 1. The number of piperidine rings is 1. The maximum absolute atomic E-state index is 12.8. The number of ether oxygens (including phenoxy) is 1. The minimum absolute atomic E-state index is 0.117. The number of nitrogens with one attached hydrogen (secondary N) is 1. The molecule has 1 amide bonds. The van der Waals surface area contributed by atoms with Crippen LogP contribution in [0.4, 0.5) is 0 Å². The van der Waals surface area contributed by atoms with Crippen molar-refractivity contribution in [1.82, 2.24) is 9.62 Å². The number of likely N-dealkylation sites (tertiary alicyclic amines) is 1. The zero-order valence-corrected chi connectivity index (χ0v) is 17.7. The van der Waals surface area contributed by atoms with Gasteiger partial charge in [-0.25, -0.2) is 13.2 Å². The summed E-state index contributed by atoms with van der Waals surface area (Å²) in [6.45, 7) is 6.50. The zero-order chi connectivity index (χ0) is 21.2. The summed E-state index contributed by atoms with van der Waals surface area (Å²) in [5, 5.41) is 0.